The van der Waals surface area contributed by atoms with E-state index in [1.165, 1.54) is 0 Å². The van der Waals surface area contributed by atoms with Crippen molar-refractivity contribution in [2.45, 2.75) is 13.3 Å². The predicted octanol–water partition coefficient (Wildman–Crippen LogP) is 2.38. The van der Waals surface area contributed by atoms with Crippen LogP contribution in [0.4, 0.5) is 0 Å². The molecule has 0 amide bonds. The molecule has 0 saturated heterocycles. The zero-order valence-electron chi connectivity index (χ0n) is 7.59. The Morgan fingerprint density at radius 2 is 2.23 bits per heavy atom. The molecule has 0 heterocycles. The molecule has 0 aliphatic rings. The van der Waals surface area contributed by atoms with Gasteiger partial charge in [-0.2, -0.15) is 0 Å². The van der Waals surface area contributed by atoms with Gasteiger partial charge in [-0.05, 0) is 30.2 Å². The Morgan fingerprint density at radius 1 is 1.46 bits per heavy atom. The fourth-order valence-electron chi connectivity index (χ4n) is 1.12. The summed E-state index contributed by atoms with van der Waals surface area (Å²) in [7, 11) is 0. The normalized spacial score (nSPS) is 10.1. The summed E-state index contributed by atoms with van der Waals surface area (Å²) in [6.07, 6.45) is 0.931. The Hall–Kier alpha value is -0.540. The highest BCUT2D eigenvalue weighted by Gasteiger charge is 2.01. The lowest BCUT2D eigenvalue weighted by Gasteiger charge is -2.09. The van der Waals surface area contributed by atoms with Gasteiger partial charge >= 0.3 is 0 Å². The Bertz CT molecular complexity index is 274. The van der Waals surface area contributed by atoms with Crippen molar-refractivity contribution < 1.29 is 9.84 Å². The van der Waals surface area contributed by atoms with Crippen molar-refractivity contribution in [1.29, 1.82) is 0 Å². The highest BCUT2D eigenvalue weighted by Crippen LogP contribution is 2.23. The van der Waals surface area contributed by atoms with Crippen molar-refractivity contribution >= 4 is 15.9 Å². The fourth-order valence-corrected chi connectivity index (χ4v) is 1.53. The molecule has 0 aliphatic carbocycles. The number of aryl methyl sites for hydroxylation is 1. The Kier molecular flexibility index (Phi) is 4.25. The third kappa shape index (κ3) is 3.01. The van der Waals surface area contributed by atoms with Gasteiger partial charge in [-0.3, -0.25) is 0 Å². The summed E-state index contributed by atoms with van der Waals surface area (Å²) in [5.74, 6) is 0.861. The van der Waals surface area contributed by atoms with Crippen molar-refractivity contribution in [2.75, 3.05) is 13.2 Å². The van der Waals surface area contributed by atoms with Crippen LogP contribution in [0, 0.1) is 0 Å². The maximum Gasteiger partial charge on any atom is 0.122 e. The first-order chi connectivity index (χ1) is 6.27. The van der Waals surface area contributed by atoms with Gasteiger partial charge in [0.05, 0.1) is 6.61 Å². The number of hydrogen-bond acceptors (Lipinski definition) is 2. The Labute approximate surface area is 86.7 Å². The molecule has 1 N–H and O–H groups in total. The summed E-state index contributed by atoms with van der Waals surface area (Å²) in [4.78, 5) is 0. The molecule has 0 aromatic heterocycles. The number of ether oxygens (including phenoxy) is 1. The lowest BCUT2D eigenvalue weighted by Crippen LogP contribution is -2.03. The molecule has 0 aliphatic heterocycles. The van der Waals surface area contributed by atoms with Gasteiger partial charge in [-0.25, -0.2) is 0 Å². The largest absolute Gasteiger partial charge is 0.491 e. The van der Waals surface area contributed by atoms with Crippen LogP contribution in [0.1, 0.15) is 12.5 Å². The third-order valence-corrected chi connectivity index (χ3v) is 2.25. The summed E-state index contributed by atoms with van der Waals surface area (Å²) in [5, 5.41) is 8.61. The number of benzene rings is 1. The molecule has 0 bridgehead atoms. The van der Waals surface area contributed by atoms with Gasteiger partial charge in [-0.15, -0.1) is 0 Å². The fraction of sp³-hybridized carbons (Fsp3) is 0.400. The van der Waals surface area contributed by atoms with Crippen LogP contribution in [-0.4, -0.2) is 18.3 Å². The molecule has 0 saturated carbocycles. The highest BCUT2D eigenvalue weighted by atomic mass is 79.9. The van der Waals surface area contributed by atoms with E-state index >= 15 is 0 Å². The molecule has 72 valence electrons. The minimum Gasteiger partial charge on any atom is -0.491 e. The molecule has 13 heavy (non-hydrogen) atoms. The molecular formula is C10H13BrO2. The van der Waals surface area contributed by atoms with E-state index in [-0.39, 0.29) is 6.61 Å². The zero-order valence-corrected chi connectivity index (χ0v) is 9.17. The molecule has 0 radical (unpaired) electrons. The average Bonchev–Trinajstić information content (AvgIpc) is 2.16. The Morgan fingerprint density at radius 3 is 2.85 bits per heavy atom. The molecular weight excluding hydrogens is 232 g/mol. The van der Waals surface area contributed by atoms with E-state index in [0.717, 1.165) is 22.2 Å². The number of aliphatic hydroxyl groups is 1. The van der Waals surface area contributed by atoms with Crippen LogP contribution in [0.5, 0.6) is 5.75 Å². The van der Waals surface area contributed by atoms with Gasteiger partial charge in [0.25, 0.3) is 0 Å². The van der Waals surface area contributed by atoms with Crippen molar-refractivity contribution in [3.05, 3.63) is 28.2 Å². The molecule has 0 atom stereocenters. The van der Waals surface area contributed by atoms with Gasteiger partial charge < -0.3 is 9.84 Å². The predicted molar refractivity (Wildman–Crippen MR) is 56.1 cm³/mol. The number of hydrogen-bond donors (Lipinski definition) is 1. The van der Waals surface area contributed by atoms with Crippen LogP contribution < -0.4 is 4.74 Å². The van der Waals surface area contributed by atoms with E-state index in [4.69, 9.17) is 9.84 Å². The monoisotopic (exact) mass is 244 g/mol. The van der Waals surface area contributed by atoms with Crippen molar-refractivity contribution in [3.8, 4) is 5.75 Å². The molecule has 3 heteroatoms. The van der Waals surface area contributed by atoms with Crippen LogP contribution in [0.25, 0.3) is 0 Å². The summed E-state index contributed by atoms with van der Waals surface area (Å²) in [6.45, 7) is 2.49. The molecule has 2 nitrogen and oxygen atoms in total. The molecule has 1 aromatic rings. The third-order valence-electron chi connectivity index (χ3n) is 1.75. The van der Waals surface area contributed by atoms with Crippen molar-refractivity contribution in [3.63, 3.8) is 0 Å². The average molecular weight is 245 g/mol. The lowest BCUT2D eigenvalue weighted by molar-refractivity contribution is 0.200. The quantitative estimate of drug-likeness (QED) is 0.882. The second kappa shape index (κ2) is 5.25. The topological polar surface area (TPSA) is 29.5 Å². The van der Waals surface area contributed by atoms with Crippen LogP contribution in [-0.2, 0) is 6.42 Å². The van der Waals surface area contributed by atoms with Crippen LogP contribution in [0.3, 0.4) is 0 Å². The van der Waals surface area contributed by atoms with E-state index in [0.29, 0.717) is 6.61 Å². The minimum absolute atomic E-state index is 0.0548. The highest BCUT2D eigenvalue weighted by molar-refractivity contribution is 9.10. The van der Waals surface area contributed by atoms with Crippen molar-refractivity contribution in [1.82, 2.24) is 0 Å². The summed E-state index contributed by atoms with van der Waals surface area (Å²) in [5.41, 5.74) is 1.16. The van der Waals surface area contributed by atoms with Crippen LogP contribution >= 0.6 is 15.9 Å². The van der Waals surface area contributed by atoms with Crippen molar-refractivity contribution in [2.24, 2.45) is 0 Å². The van der Waals surface area contributed by atoms with Gasteiger partial charge in [-0.1, -0.05) is 22.9 Å². The second-order valence-corrected chi connectivity index (χ2v) is 3.59. The van der Waals surface area contributed by atoms with E-state index in [2.05, 4.69) is 22.9 Å². The standard InChI is InChI=1S/C10H13BrO2/c1-2-8-7-9(11)3-4-10(8)13-6-5-12/h3-4,7,12H,2,5-6H2,1H3. The minimum atomic E-state index is 0.0548. The summed E-state index contributed by atoms with van der Waals surface area (Å²) < 4.78 is 6.42. The number of rotatable bonds is 4. The first kappa shape index (κ1) is 10.5. The summed E-state index contributed by atoms with van der Waals surface area (Å²) >= 11 is 3.40. The van der Waals surface area contributed by atoms with Gasteiger partial charge in [0.2, 0.25) is 0 Å². The number of aliphatic hydroxyl groups excluding tert-OH is 1. The van der Waals surface area contributed by atoms with E-state index in [1.54, 1.807) is 0 Å². The zero-order chi connectivity index (χ0) is 9.68. The maximum absolute atomic E-state index is 8.61. The molecule has 0 unspecified atom stereocenters. The van der Waals surface area contributed by atoms with E-state index < -0.39 is 0 Å². The first-order valence-corrected chi connectivity index (χ1v) is 5.09. The lowest BCUT2D eigenvalue weighted by atomic mass is 10.1. The maximum atomic E-state index is 8.61. The SMILES string of the molecule is CCc1cc(Br)ccc1OCCO. The Balaban J connectivity index is 2.79. The second-order valence-electron chi connectivity index (χ2n) is 2.68. The van der Waals surface area contributed by atoms with E-state index in [9.17, 15) is 0 Å². The first-order valence-electron chi connectivity index (χ1n) is 4.30. The van der Waals surface area contributed by atoms with Crippen LogP contribution in [0.2, 0.25) is 0 Å². The van der Waals surface area contributed by atoms with Crippen LogP contribution in [0.15, 0.2) is 22.7 Å². The molecule has 1 rings (SSSR count). The number of halogens is 1. The van der Waals surface area contributed by atoms with Gasteiger partial charge in [0.15, 0.2) is 0 Å². The van der Waals surface area contributed by atoms with Gasteiger partial charge in [0, 0.05) is 4.47 Å². The van der Waals surface area contributed by atoms with Gasteiger partial charge in [0.1, 0.15) is 12.4 Å². The van der Waals surface area contributed by atoms with E-state index in [1.807, 2.05) is 18.2 Å². The molecule has 0 fully saturated rings. The summed E-state index contributed by atoms with van der Waals surface area (Å²) in [6, 6.07) is 5.89. The smallest absolute Gasteiger partial charge is 0.122 e. The molecule has 1 aromatic carbocycles. The molecule has 0 spiro atoms.